The van der Waals surface area contributed by atoms with Crippen LogP contribution >= 0.6 is 11.6 Å². The number of benzene rings is 1. The van der Waals surface area contributed by atoms with Crippen molar-refractivity contribution in [1.82, 2.24) is 0 Å². The molecule has 1 aromatic heterocycles. The zero-order valence-electron chi connectivity index (χ0n) is 10.3. The number of halogens is 4. The molecule has 0 atom stereocenters. The lowest BCUT2D eigenvalue weighted by Crippen LogP contribution is -2.10. The van der Waals surface area contributed by atoms with Crippen molar-refractivity contribution in [2.75, 3.05) is 5.32 Å². The van der Waals surface area contributed by atoms with Gasteiger partial charge in [0.05, 0.1) is 18.2 Å². The zero-order chi connectivity index (χ0) is 15.6. The van der Waals surface area contributed by atoms with E-state index in [1.165, 1.54) is 18.2 Å². The maximum atomic E-state index is 12.9. The summed E-state index contributed by atoms with van der Waals surface area (Å²) in [6, 6.07) is 5.73. The molecular weight excluding hydrogens is 313 g/mol. The molecule has 0 saturated carbocycles. The first-order valence-electron chi connectivity index (χ1n) is 5.61. The Morgan fingerprint density at radius 2 is 2.00 bits per heavy atom. The Bertz CT molecular complexity index is 670. The minimum atomic E-state index is -4.57. The molecule has 0 aliphatic heterocycles. The summed E-state index contributed by atoms with van der Waals surface area (Å²) in [6.07, 6.45) is -4.57. The summed E-state index contributed by atoms with van der Waals surface area (Å²) in [4.78, 5) is 9.71. The standard InChI is InChI=1S/C12H8ClF3N2O3/c13-7-1-3-10(9(5-7)12(14,15)16)17-6-8-2-4-11(21-8)18(19)20/h1-5,17H,6H2. The highest BCUT2D eigenvalue weighted by Gasteiger charge is 2.33. The highest BCUT2D eigenvalue weighted by molar-refractivity contribution is 6.30. The molecule has 0 saturated heterocycles. The van der Waals surface area contributed by atoms with Crippen molar-refractivity contribution in [3.8, 4) is 0 Å². The van der Waals surface area contributed by atoms with Crippen molar-refractivity contribution in [2.45, 2.75) is 12.7 Å². The van der Waals surface area contributed by atoms with Gasteiger partial charge in [0.25, 0.3) is 0 Å². The molecule has 0 radical (unpaired) electrons. The topological polar surface area (TPSA) is 68.3 Å². The number of hydrogen-bond donors (Lipinski definition) is 1. The predicted molar refractivity (Wildman–Crippen MR) is 69.1 cm³/mol. The first-order chi connectivity index (χ1) is 9.77. The van der Waals surface area contributed by atoms with Crippen LogP contribution in [0, 0.1) is 10.1 Å². The quantitative estimate of drug-likeness (QED) is 0.666. The van der Waals surface area contributed by atoms with E-state index in [9.17, 15) is 23.3 Å². The van der Waals surface area contributed by atoms with Gasteiger partial charge in [0.15, 0.2) is 0 Å². The van der Waals surface area contributed by atoms with E-state index in [-0.39, 0.29) is 23.0 Å². The Balaban J connectivity index is 2.18. The van der Waals surface area contributed by atoms with E-state index in [1.54, 1.807) is 0 Å². The Kier molecular flexibility index (Phi) is 4.08. The summed E-state index contributed by atoms with van der Waals surface area (Å²) >= 11 is 5.56. The van der Waals surface area contributed by atoms with Crippen molar-refractivity contribution >= 4 is 23.2 Å². The van der Waals surface area contributed by atoms with Crippen LogP contribution in [0.15, 0.2) is 34.7 Å². The maximum Gasteiger partial charge on any atom is 0.433 e. The van der Waals surface area contributed by atoms with E-state index < -0.39 is 22.5 Å². The summed E-state index contributed by atoms with van der Waals surface area (Å²) in [5.74, 6) is -0.330. The van der Waals surface area contributed by atoms with Gasteiger partial charge in [0.1, 0.15) is 10.7 Å². The summed E-state index contributed by atoms with van der Waals surface area (Å²) in [6.45, 7) is -0.126. The van der Waals surface area contributed by atoms with Gasteiger partial charge in [-0.15, -0.1) is 0 Å². The third-order valence-corrected chi connectivity index (χ3v) is 2.80. The molecule has 0 aliphatic carbocycles. The van der Waals surface area contributed by atoms with Crippen LogP contribution in [0.4, 0.5) is 24.7 Å². The van der Waals surface area contributed by atoms with Crippen molar-refractivity contribution in [2.24, 2.45) is 0 Å². The van der Waals surface area contributed by atoms with Crippen LogP contribution in [0.3, 0.4) is 0 Å². The van der Waals surface area contributed by atoms with Gasteiger partial charge in [-0.2, -0.15) is 13.2 Å². The summed E-state index contributed by atoms with van der Waals surface area (Å²) in [5, 5.41) is 12.9. The molecule has 112 valence electrons. The number of nitrogens with one attached hydrogen (secondary N) is 1. The lowest BCUT2D eigenvalue weighted by atomic mass is 10.1. The number of nitrogens with zero attached hydrogens (tertiary/aromatic N) is 1. The molecule has 0 unspecified atom stereocenters. The van der Waals surface area contributed by atoms with Crippen molar-refractivity contribution in [1.29, 1.82) is 0 Å². The zero-order valence-corrected chi connectivity index (χ0v) is 11.0. The van der Waals surface area contributed by atoms with Gasteiger partial charge in [0, 0.05) is 10.7 Å². The highest BCUT2D eigenvalue weighted by Crippen LogP contribution is 2.36. The van der Waals surface area contributed by atoms with Crippen LogP contribution in [-0.4, -0.2) is 4.92 Å². The Morgan fingerprint density at radius 1 is 1.29 bits per heavy atom. The number of anilines is 1. The Hall–Kier alpha value is -2.22. The van der Waals surface area contributed by atoms with Crippen molar-refractivity contribution < 1.29 is 22.5 Å². The third kappa shape index (κ3) is 3.66. The van der Waals surface area contributed by atoms with Crippen LogP contribution in [0.25, 0.3) is 0 Å². The van der Waals surface area contributed by atoms with Gasteiger partial charge in [-0.05, 0) is 24.3 Å². The average molecular weight is 321 g/mol. The molecule has 21 heavy (non-hydrogen) atoms. The van der Waals surface area contributed by atoms with Gasteiger partial charge in [0.2, 0.25) is 0 Å². The summed E-state index contributed by atoms with van der Waals surface area (Å²) in [7, 11) is 0. The summed E-state index contributed by atoms with van der Waals surface area (Å²) in [5.41, 5.74) is -1.11. The maximum absolute atomic E-state index is 12.9. The normalized spacial score (nSPS) is 11.4. The molecule has 2 rings (SSSR count). The van der Waals surface area contributed by atoms with Crippen LogP contribution in [-0.2, 0) is 12.7 Å². The average Bonchev–Trinajstić information content (AvgIpc) is 2.85. The molecule has 9 heteroatoms. The highest BCUT2D eigenvalue weighted by atomic mass is 35.5. The lowest BCUT2D eigenvalue weighted by molar-refractivity contribution is -0.402. The van der Waals surface area contributed by atoms with Crippen LogP contribution in [0.2, 0.25) is 5.02 Å². The van der Waals surface area contributed by atoms with E-state index in [0.717, 1.165) is 12.1 Å². The largest absolute Gasteiger partial charge is 0.433 e. The third-order valence-electron chi connectivity index (χ3n) is 2.57. The molecule has 0 amide bonds. The lowest BCUT2D eigenvalue weighted by Gasteiger charge is -2.14. The number of furan rings is 1. The minimum absolute atomic E-state index is 0.0403. The fourth-order valence-corrected chi connectivity index (χ4v) is 1.82. The van der Waals surface area contributed by atoms with E-state index in [4.69, 9.17) is 16.0 Å². The molecule has 0 spiro atoms. The van der Waals surface area contributed by atoms with Crippen molar-refractivity contribution in [3.05, 3.63) is 56.8 Å². The molecular formula is C12H8ClF3N2O3. The van der Waals surface area contributed by atoms with Crippen LogP contribution < -0.4 is 5.32 Å². The first kappa shape index (κ1) is 15.2. The monoisotopic (exact) mass is 320 g/mol. The second kappa shape index (κ2) is 5.65. The molecule has 0 aliphatic rings. The fourth-order valence-electron chi connectivity index (χ4n) is 1.65. The summed E-state index contributed by atoms with van der Waals surface area (Å²) < 4.78 is 43.4. The van der Waals surface area contributed by atoms with E-state index in [2.05, 4.69) is 5.32 Å². The molecule has 0 bridgehead atoms. The van der Waals surface area contributed by atoms with E-state index >= 15 is 0 Å². The number of nitro groups is 1. The van der Waals surface area contributed by atoms with Crippen LogP contribution in [0.5, 0.6) is 0 Å². The molecule has 1 aromatic carbocycles. The SMILES string of the molecule is O=[N+]([O-])c1ccc(CNc2ccc(Cl)cc2C(F)(F)F)o1. The second-order valence-electron chi connectivity index (χ2n) is 4.04. The smallest absolute Gasteiger partial charge is 0.404 e. The second-order valence-corrected chi connectivity index (χ2v) is 4.47. The molecule has 5 nitrogen and oxygen atoms in total. The van der Waals surface area contributed by atoms with Gasteiger partial charge in [-0.1, -0.05) is 11.6 Å². The number of alkyl halides is 3. The first-order valence-corrected chi connectivity index (χ1v) is 5.99. The minimum Gasteiger partial charge on any atom is -0.404 e. The van der Waals surface area contributed by atoms with Crippen LogP contribution in [0.1, 0.15) is 11.3 Å². The Morgan fingerprint density at radius 3 is 2.57 bits per heavy atom. The fraction of sp³-hybridized carbons (Fsp3) is 0.167. The molecule has 0 fully saturated rings. The molecule has 2 aromatic rings. The number of rotatable bonds is 4. The van der Waals surface area contributed by atoms with Gasteiger partial charge in [-0.25, -0.2) is 0 Å². The van der Waals surface area contributed by atoms with E-state index in [0.29, 0.717) is 0 Å². The van der Waals surface area contributed by atoms with Gasteiger partial charge >= 0.3 is 12.1 Å². The van der Waals surface area contributed by atoms with Crippen molar-refractivity contribution in [3.63, 3.8) is 0 Å². The Labute approximate surface area is 121 Å². The van der Waals surface area contributed by atoms with Gasteiger partial charge < -0.3 is 9.73 Å². The molecule has 1 N–H and O–H groups in total. The van der Waals surface area contributed by atoms with Gasteiger partial charge in [-0.3, -0.25) is 10.1 Å². The molecule has 1 heterocycles. The van der Waals surface area contributed by atoms with E-state index in [1.807, 2.05) is 0 Å². The predicted octanol–water partition coefficient (Wildman–Crippen LogP) is 4.47. The number of hydrogen-bond acceptors (Lipinski definition) is 4.